The largest absolute Gasteiger partial charge is 0.350 e. The second kappa shape index (κ2) is 7.43. The van der Waals surface area contributed by atoms with Gasteiger partial charge in [0.1, 0.15) is 0 Å². The molecule has 1 heterocycles. The number of nitrogens with zero attached hydrogens (tertiary/aromatic N) is 2. The van der Waals surface area contributed by atoms with Crippen molar-refractivity contribution in [1.29, 1.82) is 0 Å². The first-order chi connectivity index (χ1) is 9.34. The van der Waals surface area contributed by atoms with Crippen molar-refractivity contribution in [2.24, 2.45) is 0 Å². The van der Waals surface area contributed by atoms with Gasteiger partial charge in [0, 0.05) is 17.8 Å². The number of aryl methyl sites for hydroxylation is 3. The molecule has 0 spiro atoms. The van der Waals surface area contributed by atoms with Gasteiger partial charge < -0.3 is 10.6 Å². The predicted molar refractivity (Wildman–Crippen MR) is 81.7 cm³/mol. The van der Waals surface area contributed by atoms with Gasteiger partial charge in [0.2, 0.25) is 5.91 Å². The Labute approximate surface area is 122 Å². The zero-order valence-corrected chi connectivity index (χ0v) is 13.4. The van der Waals surface area contributed by atoms with Crippen LogP contribution in [-0.4, -0.2) is 34.3 Å². The first-order valence-electron chi connectivity index (χ1n) is 7.37. The van der Waals surface area contributed by atoms with E-state index in [4.69, 9.17) is 0 Å². The van der Waals surface area contributed by atoms with Crippen LogP contribution in [0, 0.1) is 13.8 Å². The summed E-state index contributed by atoms with van der Waals surface area (Å²) < 4.78 is 2.01. The fraction of sp³-hybridized carbons (Fsp3) is 0.733. The topological polar surface area (TPSA) is 59.0 Å². The van der Waals surface area contributed by atoms with Crippen molar-refractivity contribution in [2.75, 3.05) is 13.1 Å². The standard InChI is InChI=1S/C15H28N4O/c1-6-15(4,5)17-14(20)11-16-8-7-9-19-13(3)10-12(2)18-19/h10,16H,6-9,11H2,1-5H3,(H,17,20). The van der Waals surface area contributed by atoms with Gasteiger partial charge in [0.25, 0.3) is 0 Å². The van der Waals surface area contributed by atoms with Crippen molar-refractivity contribution in [1.82, 2.24) is 20.4 Å². The number of nitrogens with one attached hydrogen (secondary N) is 2. The lowest BCUT2D eigenvalue weighted by molar-refractivity contribution is -0.121. The molecule has 5 nitrogen and oxygen atoms in total. The molecule has 0 fully saturated rings. The summed E-state index contributed by atoms with van der Waals surface area (Å²) in [4.78, 5) is 11.7. The van der Waals surface area contributed by atoms with E-state index in [9.17, 15) is 4.79 Å². The fourth-order valence-electron chi connectivity index (χ4n) is 1.97. The highest BCUT2D eigenvalue weighted by atomic mass is 16.2. The molecule has 5 heteroatoms. The molecule has 0 aliphatic carbocycles. The second-order valence-electron chi connectivity index (χ2n) is 5.97. The van der Waals surface area contributed by atoms with E-state index in [0.717, 1.165) is 31.6 Å². The second-order valence-corrected chi connectivity index (χ2v) is 5.97. The molecule has 1 amide bonds. The molecule has 0 radical (unpaired) electrons. The van der Waals surface area contributed by atoms with E-state index in [1.54, 1.807) is 0 Å². The molecule has 0 aliphatic rings. The Kier molecular flexibility index (Phi) is 6.20. The minimum atomic E-state index is -0.123. The summed E-state index contributed by atoms with van der Waals surface area (Å²) in [6, 6.07) is 2.08. The summed E-state index contributed by atoms with van der Waals surface area (Å²) in [6.07, 6.45) is 1.89. The molecule has 0 aliphatic heterocycles. The maximum Gasteiger partial charge on any atom is 0.234 e. The molecular weight excluding hydrogens is 252 g/mol. The highest BCUT2D eigenvalue weighted by Crippen LogP contribution is 2.06. The maximum atomic E-state index is 11.7. The summed E-state index contributed by atoms with van der Waals surface area (Å²) in [5.74, 6) is 0.0583. The highest BCUT2D eigenvalue weighted by Gasteiger charge is 2.16. The van der Waals surface area contributed by atoms with Gasteiger partial charge in [-0.05, 0) is 53.1 Å². The number of hydrogen-bond acceptors (Lipinski definition) is 3. The number of rotatable bonds is 8. The quantitative estimate of drug-likeness (QED) is 0.714. The van der Waals surface area contributed by atoms with E-state index >= 15 is 0 Å². The third kappa shape index (κ3) is 5.74. The fourth-order valence-corrected chi connectivity index (χ4v) is 1.97. The molecule has 1 rings (SSSR count). The Morgan fingerprint density at radius 2 is 2.10 bits per heavy atom. The lowest BCUT2D eigenvalue weighted by Crippen LogP contribution is -2.46. The molecule has 0 saturated heterocycles. The van der Waals surface area contributed by atoms with E-state index < -0.39 is 0 Å². The third-order valence-electron chi connectivity index (χ3n) is 3.47. The lowest BCUT2D eigenvalue weighted by Gasteiger charge is -2.24. The predicted octanol–water partition coefficient (Wildman–Crippen LogP) is 1.78. The molecule has 2 N–H and O–H groups in total. The van der Waals surface area contributed by atoms with E-state index in [0.29, 0.717) is 6.54 Å². The van der Waals surface area contributed by atoms with E-state index in [-0.39, 0.29) is 11.4 Å². The summed E-state index contributed by atoms with van der Waals surface area (Å²) in [5.41, 5.74) is 2.12. The zero-order valence-electron chi connectivity index (χ0n) is 13.4. The first kappa shape index (κ1) is 16.7. The van der Waals surface area contributed by atoms with Crippen LogP contribution in [0.15, 0.2) is 6.07 Å². The number of carbonyl (C=O) groups is 1. The average molecular weight is 280 g/mol. The molecule has 0 atom stereocenters. The van der Waals surface area contributed by atoms with Crippen LogP contribution < -0.4 is 10.6 Å². The van der Waals surface area contributed by atoms with Crippen LogP contribution in [0.5, 0.6) is 0 Å². The molecular formula is C15H28N4O. The molecule has 0 bridgehead atoms. The summed E-state index contributed by atoms with van der Waals surface area (Å²) in [7, 11) is 0. The maximum absolute atomic E-state index is 11.7. The minimum absolute atomic E-state index is 0.0583. The van der Waals surface area contributed by atoms with Crippen LogP contribution in [0.25, 0.3) is 0 Å². The third-order valence-corrected chi connectivity index (χ3v) is 3.47. The molecule has 1 aromatic rings. The molecule has 0 saturated carbocycles. The van der Waals surface area contributed by atoms with Gasteiger partial charge in [0.15, 0.2) is 0 Å². The van der Waals surface area contributed by atoms with Crippen molar-refractivity contribution in [3.05, 3.63) is 17.5 Å². The molecule has 0 aromatic carbocycles. The van der Waals surface area contributed by atoms with Crippen molar-refractivity contribution >= 4 is 5.91 Å². The van der Waals surface area contributed by atoms with E-state index in [1.165, 1.54) is 5.69 Å². The summed E-state index contributed by atoms with van der Waals surface area (Å²) in [5, 5.41) is 10.6. The Morgan fingerprint density at radius 3 is 2.65 bits per heavy atom. The van der Waals surface area contributed by atoms with E-state index in [2.05, 4.69) is 35.6 Å². The number of aromatic nitrogens is 2. The van der Waals surface area contributed by atoms with Gasteiger partial charge in [-0.1, -0.05) is 6.92 Å². The Bertz CT molecular complexity index is 437. The normalized spacial score (nSPS) is 11.7. The molecule has 20 heavy (non-hydrogen) atoms. The highest BCUT2D eigenvalue weighted by molar-refractivity contribution is 5.78. The van der Waals surface area contributed by atoms with Crippen molar-refractivity contribution < 1.29 is 4.79 Å². The monoisotopic (exact) mass is 280 g/mol. The molecule has 1 aromatic heterocycles. The van der Waals surface area contributed by atoms with Crippen LogP contribution in [0.3, 0.4) is 0 Å². The lowest BCUT2D eigenvalue weighted by atomic mass is 10.0. The Balaban J connectivity index is 2.16. The number of amides is 1. The first-order valence-corrected chi connectivity index (χ1v) is 7.37. The van der Waals surface area contributed by atoms with Crippen molar-refractivity contribution in [3.63, 3.8) is 0 Å². The summed E-state index contributed by atoms with van der Waals surface area (Å²) >= 11 is 0. The van der Waals surface area contributed by atoms with Crippen LogP contribution in [0.4, 0.5) is 0 Å². The SMILES string of the molecule is CCC(C)(C)NC(=O)CNCCCn1nc(C)cc1C. The van der Waals surface area contributed by atoms with Gasteiger partial charge in [-0.25, -0.2) is 0 Å². The van der Waals surface area contributed by atoms with Gasteiger partial charge in [-0.2, -0.15) is 5.10 Å². The van der Waals surface area contributed by atoms with Crippen molar-refractivity contribution in [2.45, 2.75) is 59.5 Å². The number of hydrogen-bond donors (Lipinski definition) is 2. The van der Waals surface area contributed by atoms with Crippen LogP contribution in [0.1, 0.15) is 45.0 Å². The van der Waals surface area contributed by atoms with Crippen molar-refractivity contribution in [3.8, 4) is 0 Å². The average Bonchev–Trinajstić information content (AvgIpc) is 2.67. The molecule has 114 valence electrons. The number of carbonyl (C=O) groups excluding carboxylic acids is 1. The Morgan fingerprint density at radius 1 is 1.40 bits per heavy atom. The van der Waals surface area contributed by atoms with E-state index in [1.807, 2.05) is 25.5 Å². The van der Waals surface area contributed by atoms with Gasteiger partial charge in [-0.3, -0.25) is 9.48 Å². The van der Waals surface area contributed by atoms with Gasteiger partial charge in [-0.15, -0.1) is 0 Å². The van der Waals surface area contributed by atoms with Crippen LogP contribution >= 0.6 is 0 Å². The van der Waals surface area contributed by atoms with Crippen LogP contribution in [0.2, 0.25) is 0 Å². The van der Waals surface area contributed by atoms with Gasteiger partial charge >= 0.3 is 0 Å². The Hall–Kier alpha value is -1.36. The smallest absolute Gasteiger partial charge is 0.234 e. The zero-order chi connectivity index (χ0) is 15.2. The van der Waals surface area contributed by atoms with Crippen LogP contribution in [-0.2, 0) is 11.3 Å². The van der Waals surface area contributed by atoms with Gasteiger partial charge in [0.05, 0.1) is 12.2 Å². The minimum Gasteiger partial charge on any atom is -0.350 e. The summed E-state index contributed by atoms with van der Waals surface area (Å²) in [6.45, 7) is 12.3. The molecule has 0 unspecified atom stereocenters.